The van der Waals surface area contributed by atoms with Gasteiger partial charge in [0.25, 0.3) is 0 Å². The molecule has 5 heteroatoms. The van der Waals surface area contributed by atoms with Gasteiger partial charge in [0.05, 0.1) is 0 Å². The average molecular weight is 386 g/mol. The third-order valence-corrected chi connectivity index (χ3v) is 6.12. The van der Waals surface area contributed by atoms with Gasteiger partial charge in [-0.2, -0.15) is 0 Å². The Hall–Kier alpha value is -1.88. The van der Waals surface area contributed by atoms with E-state index in [0.717, 1.165) is 57.4 Å². The third kappa shape index (κ3) is 5.34. The Morgan fingerprint density at radius 1 is 0.964 bits per heavy atom. The monoisotopic (exact) mass is 385 g/mol. The summed E-state index contributed by atoms with van der Waals surface area (Å²) in [6.07, 6.45) is 3.96. The number of carbonyl (C=O) groups is 2. The molecule has 3 rings (SSSR count). The first kappa shape index (κ1) is 20.8. The minimum absolute atomic E-state index is 0.127. The topological polar surface area (TPSA) is 52.7 Å². The zero-order valence-electron chi connectivity index (χ0n) is 17.6. The predicted molar refractivity (Wildman–Crippen MR) is 112 cm³/mol. The zero-order valence-corrected chi connectivity index (χ0v) is 17.6. The molecule has 1 aromatic carbocycles. The van der Waals surface area contributed by atoms with E-state index in [1.165, 1.54) is 0 Å². The lowest BCUT2D eigenvalue weighted by Gasteiger charge is -2.42. The Labute approximate surface area is 169 Å². The summed E-state index contributed by atoms with van der Waals surface area (Å²) in [6, 6.07) is 10.6. The summed E-state index contributed by atoms with van der Waals surface area (Å²) >= 11 is 0. The number of carbonyl (C=O) groups excluding carboxylic acids is 2. The van der Waals surface area contributed by atoms with Crippen molar-refractivity contribution in [2.45, 2.75) is 59.0 Å². The van der Waals surface area contributed by atoms with Crippen molar-refractivity contribution in [3.63, 3.8) is 0 Å². The van der Waals surface area contributed by atoms with Gasteiger partial charge in [0, 0.05) is 37.0 Å². The number of piperidine rings is 2. The fourth-order valence-electron chi connectivity index (χ4n) is 4.36. The van der Waals surface area contributed by atoms with Gasteiger partial charge in [-0.15, -0.1) is 0 Å². The minimum Gasteiger partial charge on any atom is -0.352 e. The van der Waals surface area contributed by atoms with Crippen LogP contribution >= 0.6 is 0 Å². The minimum atomic E-state index is -0.293. The molecular formula is C23H35N3O2. The van der Waals surface area contributed by atoms with Crippen molar-refractivity contribution in [3.05, 3.63) is 35.9 Å². The van der Waals surface area contributed by atoms with E-state index in [1.807, 2.05) is 56.0 Å². The molecule has 0 unspecified atom stereocenters. The number of benzene rings is 1. The van der Waals surface area contributed by atoms with E-state index in [4.69, 9.17) is 0 Å². The summed E-state index contributed by atoms with van der Waals surface area (Å²) in [5.74, 6) is 0.580. The van der Waals surface area contributed by atoms with E-state index in [9.17, 15) is 9.59 Å². The molecule has 2 aliphatic rings. The first-order valence-corrected chi connectivity index (χ1v) is 10.7. The zero-order chi connectivity index (χ0) is 20.1. The molecule has 154 valence electrons. The van der Waals surface area contributed by atoms with E-state index in [0.29, 0.717) is 12.6 Å². The molecule has 28 heavy (non-hydrogen) atoms. The molecule has 2 amide bonds. The number of hydrogen-bond donors (Lipinski definition) is 1. The van der Waals surface area contributed by atoms with Crippen LogP contribution in [0.2, 0.25) is 0 Å². The lowest BCUT2D eigenvalue weighted by atomic mass is 9.91. The Balaban J connectivity index is 1.40. The Morgan fingerprint density at radius 2 is 1.57 bits per heavy atom. The molecule has 0 aliphatic carbocycles. The maximum atomic E-state index is 12.5. The summed E-state index contributed by atoms with van der Waals surface area (Å²) in [7, 11) is 0. The van der Waals surface area contributed by atoms with E-state index in [1.54, 1.807) is 0 Å². The van der Waals surface area contributed by atoms with E-state index in [-0.39, 0.29) is 23.1 Å². The van der Waals surface area contributed by atoms with Crippen LogP contribution in [0.25, 0.3) is 0 Å². The molecule has 0 saturated carbocycles. The van der Waals surface area contributed by atoms with Crippen molar-refractivity contribution in [1.82, 2.24) is 15.1 Å². The van der Waals surface area contributed by atoms with Crippen molar-refractivity contribution in [3.8, 4) is 0 Å². The second-order valence-electron chi connectivity index (χ2n) is 9.29. The molecule has 0 atom stereocenters. The summed E-state index contributed by atoms with van der Waals surface area (Å²) in [5, 5.41) is 3.09. The number of nitrogens with zero attached hydrogens (tertiary/aromatic N) is 2. The standard InChI is InChI=1S/C23H35N3O2/c1-23(2,3)22(28)26-15-11-20(12-16-26)25-13-9-19(10-14-25)21(27)24-17-18-7-5-4-6-8-18/h4-8,19-20H,9-17H2,1-3H3,(H,24,27). The SMILES string of the molecule is CC(C)(C)C(=O)N1CCC(N2CCC(C(=O)NCc3ccccc3)CC2)CC1. The van der Waals surface area contributed by atoms with Crippen LogP contribution in [0, 0.1) is 11.3 Å². The molecule has 1 N–H and O–H groups in total. The van der Waals surface area contributed by atoms with Gasteiger partial charge in [-0.25, -0.2) is 0 Å². The lowest BCUT2D eigenvalue weighted by Crippen LogP contribution is -2.51. The third-order valence-electron chi connectivity index (χ3n) is 6.12. The first-order valence-electron chi connectivity index (χ1n) is 10.7. The van der Waals surface area contributed by atoms with Gasteiger partial charge in [0.1, 0.15) is 0 Å². The van der Waals surface area contributed by atoms with Crippen molar-refractivity contribution in [1.29, 1.82) is 0 Å². The molecular weight excluding hydrogens is 350 g/mol. The van der Waals surface area contributed by atoms with Gasteiger partial charge >= 0.3 is 0 Å². The van der Waals surface area contributed by atoms with Gasteiger partial charge in [-0.3, -0.25) is 9.59 Å². The maximum absolute atomic E-state index is 12.5. The first-order chi connectivity index (χ1) is 13.3. The van der Waals surface area contributed by atoms with Crippen LogP contribution in [0.15, 0.2) is 30.3 Å². The molecule has 2 aliphatic heterocycles. The van der Waals surface area contributed by atoms with Gasteiger partial charge in [-0.05, 0) is 44.3 Å². The van der Waals surface area contributed by atoms with Crippen LogP contribution in [0.4, 0.5) is 0 Å². The Morgan fingerprint density at radius 3 is 2.14 bits per heavy atom. The van der Waals surface area contributed by atoms with Crippen LogP contribution < -0.4 is 5.32 Å². The van der Waals surface area contributed by atoms with Crippen LogP contribution in [-0.2, 0) is 16.1 Å². The average Bonchev–Trinajstić information content (AvgIpc) is 2.72. The van der Waals surface area contributed by atoms with Crippen molar-refractivity contribution in [2.75, 3.05) is 26.2 Å². The summed E-state index contributed by atoms with van der Waals surface area (Å²) < 4.78 is 0. The molecule has 0 aromatic heterocycles. The van der Waals surface area contributed by atoms with Crippen LogP contribution in [0.3, 0.4) is 0 Å². The van der Waals surface area contributed by atoms with E-state index >= 15 is 0 Å². The number of likely N-dealkylation sites (tertiary alicyclic amines) is 2. The Kier molecular flexibility index (Phi) is 6.76. The smallest absolute Gasteiger partial charge is 0.227 e. The molecule has 0 bridgehead atoms. The molecule has 1 aromatic rings. The molecule has 2 saturated heterocycles. The van der Waals surface area contributed by atoms with Crippen molar-refractivity contribution in [2.24, 2.45) is 11.3 Å². The molecule has 5 nitrogen and oxygen atoms in total. The predicted octanol–water partition coefficient (Wildman–Crippen LogP) is 3.05. The lowest BCUT2D eigenvalue weighted by molar-refractivity contribution is -0.141. The highest BCUT2D eigenvalue weighted by Gasteiger charge is 2.34. The highest BCUT2D eigenvalue weighted by molar-refractivity contribution is 5.81. The normalized spacial score (nSPS) is 20.2. The largest absolute Gasteiger partial charge is 0.352 e. The summed E-state index contributed by atoms with van der Waals surface area (Å²) in [4.78, 5) is 29.5. The quantitative estimate of drug-likeness (QED) is 0.867. The second-order valence-corrected chi connectivity index (χ2v) is 9.29. The van der Waals surface area contributed by atoms with E-state index in [2.05, 4.69) is 10.2 Å². The summed E-state index contributed by atoms with van der Waals surface area (Å²) in [6.45, 7) is 10.3. The molecule has 2 heterocycles. The Bertz CT molecular complexity index is 652. The maximum Gasteiger partial charge on any atom is 0.227 e. The van der Waals surface area contributed by atoms with Crippen molar-refractivity contribution < 1.29 is 9.59 Å². The fourth-order valence-corrected chi connectivity index (χ4v) is 4.36. The van der Waals surface area contributed by atoms with E-state index < -0.39 is 0 Å². The van der Waals surface area contributed by atoms with Gasteiger partial charge in [0.2, 0.25) is 11.8 Å². The van der Waals surface area contributed by atoms with Crippen molar-refractivity contribution >= 4 is 11.8 Å². The van der Waals surface area contributed by atoms with Gasteiger partial charge in [0.15, 0.2) is 0 Å². The van der Waals surface area contributed by atoms with Crippen LogP contribution in [0.5, 0.6) is 0 Å². The van der Waals surface area contributed by atoms with Gasteiger partial charge in [-0.1, -0.05) is 51.1 Å². The number of rotatable bonds is 4. The fraction of sp³-hybridized carbons (Fsp3) is 0.652. The number of nitrogens with one attached hydrogen (secondary N) is 1. The highest BCUT2D eigenvalue weighted by Crippen LogP contribution is 2.26. The summed E-state index contributed by atoms with van der Waals surface area (Å²) in [5.41, 5.74) is 0.850. The molecule has 2 fully saturated rings. The van der Waals surface area contributed by atoms with Gasteiger partial charge < -0.3 is 15.1 Å². The van der Waals surface area contributed by atoms with Crippen LogP contribution in [-0.4, -0.2) is 53.8 Å². The number of amides is 2. The second kappa shape index (κ2) is 9.08. The molecule has 0 radical (unpaired) electrons. The number of hydrogen-bond acceptors (Lipinski definition) is 3. The van der Waals surface area contributed by atoms with Crippen LogP contribution in [0.1, 0.15) is 52.0 Å². The molecule has 0 spiro atoms. The highest BCUT2D eigenvalue weighted by atomic mass is 16.2.